The zero-order valence-corrected chi connectivity index (χ0v) is 17.0. The van der Waals surface area contributed by atoms with Crippen molar-refractivity contribution in [3.63, 3.8) is 0 Å². The van der Waals surface area contributed by atoms with Crippen molar-refractivity contribution < 1.29 is 17.9 Å². The average molecular weight is 403 g/mol. The molecule has 3 rings (SSSR count). The summed E-state index contributed by atoms with van der Waals surface area (Å²) in [4.78, 5) is 13.1. The van der Waals surface area contributed by atoms with E-state index < -0.39 is 15.9 Å². The number of ether oxygens (including phenoxy) is 1. The molecule has 0 bridgehead atoms. The molecule has 1 saturated heterocycles. The van der Waals surface area contributed by atoms with E-state index in [0.717, 1.165) is 12.0 Å². The molecular weight excluding hydrogens is 376 g/mol. The van der Waals surface area contributed by atoms with Crippen LogP contribution < -0.4 is 10.1 Å². The fourth-order valence-electron chi connectivity index (χ4n) is 3.64. The number of hydrogen-bond donors (Lipinski definition) is 1. The summed E-state index contributed by atoms with van der Waals surface area (Å²) in [7, 11) is -2.09. The molecule has 28 heavy (non-hydrogen) atoms. The summed E-state index contributed by atoms with van der Waals surface area (Å²) < 4.78 is 33.1. The minimum Gasteiger partial charge on any atom is -0.496 e. The highest BCUT2D eigenvalue weighted by atomic mass is 32.2. The Kier molecular flexibility index (Phi) is 6.36. The van der Waals surface area contributed by atoms with Gasteiger partial charge < -0.3 is 10.1 Å². The Hall–Kier alpha value is -2.38. The third kappa shape index (κ3) is 4.05. The van der Waals surface area contributed by atoms with Crippen LogP contribution in [0.1, 0.15) is 24.8 Å². The van der Waals surface area contributed by atoms with Crippen molar-refractivity contribution in [1.29, 1.82) is 0 Å². The summed E-state index contributed by atoms with van der Waals surface area (Å²) >= 11 is 0. The summed E-state index contributed by atoms with van der Waals surface area (Å²) in [6, 6.07) is 15.8. The lowest BCUT2D eigenvalue weighted by molar-refractivity contribution is -0.124. The fourth-order valence-corrected chi connectivity index (χ4v) is 5.15. The van der Waals surface area contributed by atoms with Gasteiger partial charge in [0.25, 0.3) is 0 Å². The number of benzene rings is 2. The lowest BCUT2D eigenvalue weighted by Crippen LogP contribution is -2.36. The van der Waals surface area contributed by atoms with Crippen LogP contribution in [0, 0.1) is 5.92 Å². The van der Waals surface area contributed by atoms with Gasteiger partial charge in [-0.05, 0) is 30.2 Å². The minimum atomic E-state index is -3.67. The Morgan fingerprint density at radius 3 is 2.46 bits per heavy atom. The molecule has 0 aliphatic carbocycles. The molecule has 1 aliphatic rings. The summed E-state index contributed by atoms with van der Waals surface area (Å²) in [5.41, 5.74) is 0.854. The van der Waals surface area contributed by atoms with Crippen LogP contribution in [0.25, 0.3) is 0 Å². The first-order valence-corrected chi connectivity index (χ1v) is 10.9. The molecule has 1 N–H and O–H groups in total. The highest BCUT2D eigenvalue weighted by Gasteiger charge is 2.44. The summed E-state index contributed by atoms with van der Waals surface area (Å²) in [5, 5.41) is 2.92. The van der Waals surface area contributed by atoms with Crippen LogP contribution in [0.3, 0.4) is 0 Å². The van der Waals surface area contributed by atoms with E-state index in [9.17, 15) is 13.2 Å². The van der Waals surface area contributed by atoms with Gasteiger partial charge in [-0.25, -0.2) is 8.42 Å². The van der Waals surface area contributed by atoms with Crippen LogP contribution in [0.15, 0.2) is 59.5 Å². The molecule has 0 radical (unpaired) electrons. The monoisotopic (exact) mass is 402 g/mol. The Morgan fingerprint density at radius 1 is 1.11 bits per heavy atom. The number of sulfonamides is 1. The fraction of sp³-hybridized carbons (Fsp3) is 0.381. The number of rotatable bonds is 7. The second-order valence-corrected chi connectivity index (χ2v) is 8.82. The van der Waals surface area contributed by atoms with Gasteiger partial charge in [0.2, 0.25) is 15.9 Å². The van der Waals surface area contributed by atoms with Gasteiger partial charge in [-0.2, -0.15) is 4.31 Å². The number of carbonyl (C=O) groups excluding carboxylic acids is 1. The van der Waals surface area contributed by atoms with E-state index in [4.69, 9.17) is 4.74 Å². The summed E-state index contributed by atoms with van der Waals surface area (Å²) in [5.74, 6) is -0.198. The lowest BCUT2D eigenvalue weighted by atomic mass is 9.87. The number of nitrogens with one attached hydrogen (secondary N) is 1. The molecule has 1 amide bonds. The molecule has 1 aliphatic heterocycles. The van der Waals surface area contributed by atoms with Crippen LogP contribution in [0.2, 0.25) is 0 Å². The Morgan fingerprint density at radius 2 is 1.79 bits per heavy atom. The van der Waals surface area contributed by atoms with Gasteiger partial charge in [-0.1, -0.05) is 43.3 Å². The van der Waals surface area contributed by atoms with Gasteiger partial charge in [0.15, 0.2) is 0 Å². The molecule has 1 fully saturated rings. The third-order valence-electron chi connectivity index (χ3n) is 5.09. The van der Waals surface area contributed by atoms with E-state index in [0.29, 0.717) is 12.3 Å². The van der Waals surface area contributed by atoms with Gasteiger partial charge in [-0.3, -0.25) is 4.79 Å². The van der Waals surface area contributed by atoms with Crippen molar-refractivity contribution in [2.24, 2.45) is 5.92 Å². The van der Waals surface area contributed by atoms with Crippen molar-refractivity contribution >= 4 is 15.9 Å². The highest BCUT2D eigenvalue weighted by molar-refractivity contribution is 7.89. The Bertz CT molecular complexity index is 915. The first-order valence-electron chi connectivity index (χ1n) is 9.44. The zero-order chi connectivity index (χ0) is 20.1. The van der Waals surface area contributed by atoms with Gasteiger partial charge in [0, 0.05) is 25.6 Å². The standard InChI is InChI=1S/C21H26N2O4S/c1-3-13-22-21(24)19-15-23(28(25,26)16-9-5-4-6-10-16)14-18(19)17-11-7-8-12-20(17)27-2/h4-12,18-19H,3,13-15H2,1-2H3,(H,22,24)/t18-,19+/m0/s1. The smallest absolute Gasteiger partial charge is 0.243 e. The number of para-hydroxylation sites is 1. The molecule has 7 heteroatoms. The number of carbonyl (C=O) groups is 1. The number of methoxy groups -OCH3 is 1. The van der Waals surface area contributed by atoms with E-state index >= 15 is 0 Å². The molecule has 2 aromatic carbocycles. The second-order valence-electron chi connectivity index (χ2n) is 6.88. The van der Waals surface area contributed by atoms with Crippen LogP contribution in [0.4, 0.5) is 0 Å². The van der Waals surface area contributed by atoms with Crippen LogP contribution in [-0.2, 0) is 14.8 Å². The molecule has 2 atom stereocenters. The van der Waals surface area contributed by atoms with Crippen molar-refractivity contribution in [3.05, 3.63) is 60.2 Å². The highest BCUT2D eigenvalue weighted by Crippen LogP contribution is 2.39. The van der Waals surface area contributed by atoms with Crippen LogP contribution in [-0.4, -0.2) is 45.4 Å². The van der Waals surface area contributed by atoms with E-state index in [1.54, 1.807) is 37.4 Å². The topological polar surface area (TPSA) is 75.7 Å². The molecule has 1 heterocycles. The Balaban J connectivity index is 1.96. The maximum Gasteiger partial charge on any atom is 0.243 e. The number of hydrogen-bond acceptors (Lipinski definition) is 4. The van der Waals surface area contributed by atoms with Crippen LogP contribution >= 0.6 is 0 Å². The molecule has 0 saturated carbocycles. The van der Waals surface area contributed by atoms with Crippen molar-refractivity contribution in [3.8, 4) is 5.75 Å². The predicted molar refractivity (Wildman–Crippen MR) is 108 cm³/mol. The lowest BCUT2D eigenvalue weighted by Gasteiger charge is -2.20. The number of nitrogens with zero attached hydrogens (tertiary/aromatic N) is 1. The van der Waals surface area contributed by atoms with E-state index in [-0.39, 0.29) is 29.8 Å². The van der Waals surface area contributed by atoms with Gasteiger partial charge in [0.1, 0.15) is 5.75 Å². The van der Waals surface area contributed by atoms with Crippen molar-refractivity contribution in [1.82, 2.24) is 9.62 Å². The minimum absolute atomic E-state index is 0.122. The molecule has 150 valence electrons. The predicted octanol–water partition coefficient (Wildman–Crippen LogP) is 2.63. The second kappa shape index (κ2) is 8.75. The Labute approximate surface area is 166 Å². The van der Waals surface area contributed by atoms with Gasteiger partial charge >= 0.3 is 0 Å². The molecular formula is C21H26N2O4S. The normalized spacial score (nSPS) is 20.1. The van der Waals surface area contributed by atoms with Crippen molar-refractivity contribution in [2.75, 3.05) is 26.7 Å². The summed E-state index contributed by atoms with van der Waals surface area (Å²) in [6.07, 6.45) is 0.823. The molecule has 0 spiro atoms. The average Bonchev–Trinajstić information content (AvgIpc) is 3.19. The number of amides is 1. The van der Waals surface area contributed by atoms with E-state index in [2.05, 4.69) is 5.32 Å². The van der Waals surface area contributed by atoms with E-state index in [1.165, 1.54) is 4.31 Å². The van der Waals surface area contributed by atoms with Gasteiger partial charge in [0.05, 0.1) is 17.9 Å². The van der Waals surface area contributed by atoms with E-state index in [1.807, 2.05) is 31.2 Å². The van der Waals surface area contributed by atoms with Gasteiger partial charge in [-0.15, -0.1) is 0 Å². The maximum atomic E-state index is 13.1. The SMILES string of the molecule is CCCNC(=O)[C@@H]1CN(S(=O)(=O)c2ccccc2)C[C@H]1c1ccccc1OC. The first-order chi connectivity index (χ1) is 13.5. The molecule has 0 unspecified atom stereocenters. The first kappa shape index (κ1) is 20.4. The molecule has 6 nitrogen and oxygen atoms in total. The van der Waals surface area contributed by atoms with Crippen molar-refractivity contribution in [2.45, 2.75) is 24.2 Å². The third-order valence-corrected chi connectivity index (χ3v) is 6.94. The quantitative estimate of drug-likeness (QED) is 0.773. The largest absolute Gasteiger partial charge is 0.496 e. The van der Waals surface area contributed by atoms with Crippen LogP contribution in [0.5, 0.6) is 5.75 Å². The molecule has 0 aromatic heterocycles. The summed E-state index contributed by atoms with van der Waals surface area (Å²) in [6.45, 7) is 2.94. The maximum absolute atomic E-state index is 13.1. The molecule has 2 aromatic rings. The zero-order valence-electron chi connectivity index (χ0n) is 16.2.